The van der Waals surface area contributed by atoms with Crippen molar-refractivity contribution >= 4 is 8.80 Å². The van der Waals surface area contributed by atoms with Crippen molar-refractivity contribution in [2.75, 3.05) is 42.0 Å². The van der Waals surface area contributed by atoms with Gasteiger partial charge in [-0.15, -0.1) is 0 Å². The molecule has 0 spiro atoms. The van der Waals surface area contributed by atoms with Crippen LogP contribution < -0.4 is 17.3 Å². The third-order valence-corrected chi connectivity index (χ3v) is 10.5. The third kappa shape index (κ3) is 15.3. The standard InChI is InChI=1S/C26H57NO3Si.ClH/c1-8-10-11-12-13-14-15-16-19-22-25(23-20-17-18-21-24-27(3)4)26(9-2)31(28-5,29-6)30-7;/h25-26H,8-24H2,1-7H3;1H. The van der Waals surface area contributed by atoms with E-state index in [9.17, 15) is 0 Å². The summed E-state index contributed by atoms with van der Waals surface area (Å²) >= 11 is 0. The third-order valence-electron chi connectivity index (χ3n) is 7.00. The number of hydrogen-bond acceptors (Lipinski definition) is 3. The van der Waals surface area contributed by atoms with Crippen molar-refractivity contribution < 1.29 is 30.6 Å². The van der Waals surface area contributed by atoms with Crippen LogP contribution in [0.2, 0.25) is 5.54 Å². The van der Waals surface area contributed by atoms with Crippen LogP contribution in [0.25, 0.3) is 0 Å². The molecule has 0 aliphatic heterocycles. The Bertz CT molecular complexity index is 376. The van der Waals surface area contributed by atoms with Gasteiger partial charge in [-0.05, 0) is 25.2 Å². The lowest BCUT2D eigenvalue weighted by atomic mass is 9.90. The zero-order chi connectivity index (χ0) is 23.4. The lowest BCUT2D eigenvalue weighted by Crippen LogP contribution is -3.05. The van der Waals surface area contributed by atoms with E-state index in [1.165, 1.54) is 103 Å². The second-order valence-corrected chi connectivity index (χ2v) is 12.9. The molecule has 4 nitrogen and oxygen atoms in total. The number of halogens is 1. The summed E-state index contributed by atoms with van der Waals surface area (Å²) in [6, 6.07) is 0. The summed E-state index contributed by atoms with van der Waals surface area (Å²) in [7, 11) is 7.23. The molecule has 1 N–H and O–H groups in total. The molecule has 0 aromatic heterocycles. The van der Waals surface area contributed by atoms with Gasteiger partial charge in [-0.1, -0.05) is 97.3 Å². The highest BCUT2D eigenvalue weighted by Gasteiger charge is 2.49. The van der Waals surface area contributed by atoms with Gasteiger partial charge in [0.2, 0.25) is 0 Å². The molecule has 32 heavy (non-hydrogen) atoms. The molecule has 0 rings (SSSR count). The molecule has 0 aliphatic carbocycles. The van der Waals surface area contributed by atoms with Crippen molar-refractivity contribution in [3.05, 3.63) is 0 Å². The fraction of sp³-hybridized carbons (Fsp3) is 1.00. The Morgan fingerprint density at radius 2 is 1.03 bits per heavy atom. The van der Waals surface area contributed by atoms with Crippen LogP contribution in [0, 0.1) is 5.92 Å². The minimum absolute atomic E-state index is 0. The quantitative estimate of drug-likeness (QED) is 0.174. The molecular formula is C26H58ClNO3Si. The lowest BCUT2D eigenvalue weighted by molar-refractivity contribution is -0.858. The van der Waals surface area contributed by atoms with Gasteiger partial charge in [-0.25, -0.2) is 0 Å². The van der Waals surface area contributed by atoms with Gasteiger partial charge in [0, 0.05) is 26.9 Å². The van der Waals surface area contributed by atoms with Gasteiger partial charge in [0.1, 0.15) is 0 Å². The van der Waals surface area contributed by atoms with Crippen molar-refractivity contribution in [3.63, 3.8) is 0 Å². The zero-order valence-corrected chi connectivity index (χ0v) is 24.5. The molecule has 0 aromatic rings. The molecule has 2 unspecified atom stereocenters. The summed E-state index contributed by atoms with van der Waals surface area (Å²) in [5.74, 6) is 0.653. The van der Waals surface area contributed by atoms with Crippen molar-refractivity contribution in [1.82, 2.24) is 0 Å². The molecule has 6 heteroatoms. The Balaban J connectivity index is 0. The summed E-state index contributed by atoms with van der Waals surface area (Å²) in [6.45, 7) is 5.86. The largest absolute Gasteiger partial charge is 1.00 e. The maximum absolute atomic E-state index is 5.92. The van der Waals surface area contributed by atoms with Gasteiger partial charge in [0.05, 0.1) is 20.6 Å². The number of hydrogen-bond donors (Lipinski definition) is 1. The molecule has 2 atom stereocenters. The van der Waals surface area contributed by atoms with E-state index >= 15 is 0 Å². The Hall–Kier alpha value is 0.347. The molecule has 0 heterocycles. The molecule has 196 valence electrons. The summed E-state index contributed by atoms with van der Waals surface area (Å²) in [5.41, 5.74) is 0.410. The van der Waals surface area contributed by atoms with Crippen LogP contribution in [0.5, 0.6) is 0 Å². The highest BCUT2D eigenvalue weighted by atomic mass is 35.5. The summed E-state index contributed by atoms with van der Waals surface area (Å²) in [6.07, 6.45) is 21.5. The fourth-order valence-corrected chi connectivity index (χ4v) is 7.90. The Labute approximate surface area is 209 Å². The highest BCUT2D eigenvalue weighted by Crippen LogP contribution is 2.40. The number of nitrogens with one attached hydrogen (secondary N) is 1. The van der Waals surface area contributed by atoms with E-state index in [0.29, 0.717) is 11.5 Å². The topological polar surface area (TPSA) is 32.1 Å². The van der Waals surface area contributed by atoms with Gasteiger partial charge in [0.25, 0.3) is 0 Å². The molecular weight excluding hydrogens is 438 g/mol. The Morgan fingerprint density at radius 3 is 1.41 bits per heavy atom. The van der Waals surface area contributed by atoms with Crippen LogP contribution in [-0.2, 0) is 13.3 Å². The van der Waals surface area contributed by atoms with Gasteiger partial charge in [0.15, 0.2) is 0 Å². The minimum atomic E-state index is -2.60. The first-order chi connectivity index (χ1) is 15.0. The number of rotatable bonds is 23. The van der Waals surface area contributed by atoms with Crippen molar-refractivity contribution in [3.8, 4) is 0 Å². The van der Waals surface area contributed by atoms with E-state index in [1.807, 2.05) is 0 Å². The average Bonchev–Trinajstić information content (AvgIpc) is 2.77. The molecule has 0 saturated heterocycles. The second-order valence-electron chi connectivity index (χ2n) is 9.77. The number of unbranched alkanes of at least 4 members (excludes halogenated alkanes) is 11. The monoisotopic (exact) mass is 495 g/mol. The van der Waals surface area contributed by atoms with Gasteiger partial charge in [-0.3, -0.25) is 0 Å². The lowest BCUT2D eigenvalue weighted by Gasteiger charge is -2.37. The predicted octanol–water partition coefficient (Wildman–Crippen LogP) is 3.28. The SMILES string of the molecule is CCCCCCCCCCCC(CCCCCC[NH+](C)C)C(CC)[Si](OC)(OC)OC.[Cl-]. The first kappa shape index (κ1) is 34.5. The predicted molar refractivity (Wildman–Crippen MR) is 137 cm³/mol. The number of quaternary nitrogens is 1. The first-order valence-electron chi connectivity index (χ1n) is 13.5. The molecule has 0 aliphatic rings. The molecule has 0 bridgehead atoms. The summed E-state index contributed by atoms with van der Waals surface area (Å²) < 4.78 is 17.8. The Morgan fingerprint density at radius 1 is 0.625 bits per heavy atom. The van der Waals surface area contributed by atoms with E-state index in [0.717, 1.165) is 6.42 Å². The van der Waals surface area contributed by atoms with Gasteiger partial charge < -0.3 is 30.6 Å². The van der Waals surface area contributed by atoms with E-state index < -0.39 is 8.80 Å². The Kier molecular flexibility index (Phi) is 24.9. The summed E-state index contributed by atoms with van der Waals surface area (Å²) in [5, 5.41) is 0. The van der Waals surface area contributed by atoms with Crippen LogP contribution in [0.3, 0.4) is 0 Å². The fourth-order valence-electron chi connectivity index (χ4n) is 5.08. The van der Waals surface area contributed by atoms with Gasteiger partial charge >= 0.3 is 8.80 Å². The van der Waals surface area contributed by atoms with Crippen LogP contribution in [0.15, 0.2) is 0 Å². The molecule has 0 aromatic carbocycles. The van der Waals surface area contributed by atoms with Crippen molar-refractivity contribution in [2.45, 2.75) is 122 Å². The zero-order valence-electron chi connectivity index (χ0n) is 22.8. The molecule has 0 amide bonds. The average molecular weight is 496 g/mol. The van der Waals surface area contributed by atoms with Gasteiger partial charge in [-0.2, -0.15) is 0 Å². The summed E-state index contributed by atoms with van der Waals surface area (Å²) in [4.78, 5) is 1.56. The van der Waals surface area contributed by atoms with Crippen LogP contribution in [-0.4, -0.2) is 50.8 Å². The molecule has 0 fully saturated rings. The van der Waals surface area contributed by atoms with E-state index in [4.69, 9.17) is 13.3 Å². The first-order valence-corrected chi connectivity index (χ1v) is 15.3. The minimum Gasteiger partial charge on any atom is -1.00 e. The van der Waals surface area contributed by atoms with E-state index in [2.05, 4.69) is 27.9 Å². The van der Waals surface area contributed by atoms with Crippen molar-refractivity contribution in [1.29, 1.82) is 0 Å². The van der Waals surface area contributed by atoms with E-state index in [1.54, 1.807) is 26.2 Å². The highest BCUT2D eigenvalue weighted by molar-refractivity contribution is 6.62. The van der Waals surface area contributed by atoms with Crippen LogP contribution in [0.4, 0.5) is 0 Å². The molecule has 0 radical (unpaired) electrons. The van der Waals surface area contributed by atoms with Crippen LogP contribution >= 0.6 is 0 Å². The maximum Gasteiger partial charge on any atom is 0.503 e. The molecule has 0 saturated carbocycles. The normalized spacial score (nSPS) is 13.9. The van der Waals surface area contributed by atoms with E-state index in [-0.39, 0.29) is 12.4 Å². The smallest absolute Gasteiger partial charge is 0.503 e. The maximum atomic E-state index is 5.92. The second kappa shape index (κ2) is 23.1. The van der Waals surface area contributed by atoms with Crippen LogP contribution in [0.1, 0.15) is 117 Å². The van der Waals surface area contributed by atoms with Crippen molar-refractivity contribution in [2.24, 2.45) is 5.92 Å².